The zero-order chi connectivity index (χ0) is 15.0. The largest absolute Gasteiger partial charge is 0.356 e. The molecule has 1 fully saturated rings. The number of thioether (sulfide) groups is 1. The molecule has 1 heterocycles. The topological polar surface area (TPSA) is 47.9 Å². The summed E-state index contributed by atoms with van der Waals surface area (Å²) in [5.41, 5.74) is 0. The van der Waals surface area contributed by atoms with Crippen LogP contribution in [-0.2, 0) is 4.79 Å². The molecule has 21 heavy (non-hydrogen) atoms. The summed E-state index contributed by atoms with van der Waals surface area (Å²) in [5, 5.41) is 4.04. The zero-order valence-electron chi connectivity index (χ0n) is 13.6. The molecule has 0 aliphatic carbocycles. The number of hydrogen-bond acceptors (Lipinski definition) is 3. The monoisotopic (exact) mass is 428 g/mol. The van der Waals surface area contributed by atoms with Crippen LogP contribution in [0.1, 0.15) is 26.7 Å². The number of amides is 1. The Balaban J connectivity index is 0.00000400. The lowest BCUT2D eigenvalue weighted by molar-refractivity contribution is -0.127. The van der Waals surface area contributed by atoms with Gasteiger partial charge in [0.1, 0.15) is 6.54 Å². The molecule has 1 rings (SSSR count). The average Bonchev–Trinajstić information content (AvgIpc) is 2.47. The molecule has 1 unspecified atom stereocenters. The highest BCUT2D eigenvalue weighted by atomic mass is 127. The number of carbonyl (C=O) groups is 1. The van der Waals surface area contributed by atoms with Crippen molar-refractivity contribution in [3.63, 3.8) is 0 Å². The molecule has 1 aliphatic rings. The number of nitrogens with one attached hydrogen (secondary N) is 1. The van der Waals surface area contributed by atoms with E-state index in [0.717, 1.165) is 37.8 Å². The van der Waals surface area contributed by atoms with Gasteiger partial charge in [0.05, 0.1) is 0 Å². The van der Waals surface area contributed by atoms with Crippen LogP contribution in [0, 0.1) is 0 Å². The molecular weight excluding hydrogens is 399 g/mol. The van der Waals surface area contributed by atoms with Crippen LogP contribution in [0.5, 0.6) is 0 Å². The molecule has 1 N–H and O–H groups in total. The van der Waals surface area contributed by atoms with Crippen molar-refractivity contribution in [1.82, 2.24) is 15.1 Å². The molecule has 0 aromatic carbocycles. The molecule has 5 nitrogen and oxygen atoms in total. The third kappa shape index (κ3) is 7.58. The Kier molecular flexibility index (Phi) is 11.3. The molecule has 7 heteroatoms. The lowest BCUT2D eigenvalue weighted by Crippen LogP contribution is -2.48. The van der Waals surface area contributed by atoms with Crippen LogP contribution in [0.2, 0.25) is 0 Å². The van der Waals surface area contributed by atoms with Crippen LogP contribution >= 0.6 is 35.7 Å². The summed E-state index contributed by atoms with van der Waals surface area (Å²) in [5.74, 6) is 2.06. The lowest BCUT2D eigenvalue weighted by atomic mass is 10.3. The highest BCUT2D eigenvalue weighted by Crippen LogP contribution is 2.21. The van der Waals surface area contributed by atoms with E-state index in [9.17, 15) is 4.79 Å². The van der Waals surface area contributed by atoms with Crippen molar-refractivity contribution < 1.29 is 4.79 Å². The van der Waals surface area contributed by atoms with E-state index >= 15 is 0 Å². The predicted octanol–water partition coefficient (Wildman–Crippen LogP) is 1.88. The van der Waals surface area contributed by atoms with Gasteiger partial charge in [-0.15, -0.1) is 24.0 Å². The van der Waals surface area contributed by atoms with E-state index in [-0.39, 0.29) is 36.4 Å². The highest BCUT2D eigenvalue weighted by Gasteiger charge is 2.21. The summed E-state index contributed by atoms with van der Waals surface area (Å²) in [6.45, 7) is 7.51. The SMILES string of the molecule is CCCNC(=NCC(=O)N(C)C)N1CCSC(CC)C1.I. The fourth-order valence-corrected chi connectivity index (χ4v) is 3.13. The van der Waals surface area contributed by atoms with Gasteiger partial charge < -0.3 is 15.1 Å². The van der Waals surface area contributed by atoms with Gasteiger partial charge in [-0.05, 0) is 12.8 Å². The second-order valence-corrected chi connectivity index (χ2v) is 6.61. The Morgan fingerprint density at radius 3 is 2.71 bits per heavy atom. The van der Waals surface area contributed by atoms with E-state index in [4.69, 9.17) is 0 Å². The molecule has 1 atom stereocenters. The number of nitrogens with zero attached hydrogens (tertiary/aromatic N) is 3. The van der Waals surface area contributed by atoms with Gasteiger partial charge in [-0.1, -0.05) is 13.8 Å². The summed E-state index contributed by atoms with van der Waals surface area (Å²) in [6.07, 6.45) is 2.24. The van der Waals surface area contributed by atoms with E-state index in [2.05, 4.69) is 29.1 Å². The van der Waals surface area contributed by atoms with Gasteiger partial charge in [0.15, 0.2) is 5.96 Å². The standard InChI is InChI=1S/C14H28N4OS.HI/c1-5-7-15-14(16-10-13(19)17(3)4)18-8-9-20-12(6-2)11-18;/h12H,5-11H2,1-4H3,(H,15,16);1H. The molecule has 0 aromatic rings. The molecule has 124 valence electrons. The summed E-state index contributed by atoms with van der Waals surface area (Å²) in [7, 11) is 3.53. The van der Waals surface area contributed by atoms with Crippen molar-refractivity contribution in [1.29, 1.82) is 0 Å². The van der Waals surface area contributed by atoms with E-state index in [1.807, 2.05) is 11.8 Å². The fraction of sp³-hybridized carbons (Fsp3) is 0.857. The van der Waals surface area contributed by atoms with Crippen molar-refractivity contribution in [2.24, 2.45) is 4.99 Å². The van der Waals surface area contributed by atoms with E-state index < -0.39 is 0 Å². The van der Waals surface area contributed by atoms with Crippen LogP contribution in [0.3, 0.4) is 0 Å². The van der Waals surface area contributed by atoms with Crippen molar-refractivity contribution in [2.75, 3.05) is 46.0 Å². The van der Waals surface area contributed by atoms with Crippen LogP contribution in [0.15, 0.2) is 4.99 Å². The summed E-state index contributed by atoms with van der Waals surface area (Å²) >= 11 is 2.04. The molecule has 0 saturated carbocycles. The van der Waals surface area contributed by atoms with Gasteiger partial charge in [0, 0.05) is 44.7 Å². The minimum atomic E-state index is 0. The minimum absolute atomic E-state index is 0. The summed E-state index contributed by atoms with van der Waals surface area (Å²) in [4.78, 5) is 20.1. The average molecular weight is 428 g/mol. The zero-order valence-corrected chi connectivity index (χ0v) is 16.7. The Bertz CT molecular complexity index is 339. The molecule has 1 amide bonds. The maximum atomic E-state index is 11.7. The fourth-order valence-electron chi connectivity index (χ4n) is 1.95. The van der Waals surface area contributed by atoms with Gasteiger partial charge in [0.2, 0.25) is 5.91 Å². The number of aliphatic imine (C=N–C) groups is 1. The van der Waals surface area contributed by atoms with Crippen molar-refractivity contribution in [3.8, 4) is 0 Å². The second-order valence-electron chi connectivity index (χ2n) is 5.20. The second kappa shape index (κ2) is 11.4. The van der Waals surface area contributed by atoms with Crippen molar-refractivity contribution in [2.45, 2.75) is 31.9 Å². The van der Waals surface area contributed by atoms with Gasteiger partial charge in [-0.25, -0.2) is 4.99 Å². The number of guanidine groups is 1. The normalized spacial score (nSPS) is 19.0. The number of rotatable bonds is 5. The number of hydrogen-bond donors (Lipinski definition) is 1. The third-order valence-corrected chi connectivity index (χ3v) is 4.66. The van der Waals surface area contributed by atoms with Crippen LogP contribution in [0.4, 0.5) is 0 Å². The molecule has 1 saturated heterocycles. The first-order chi connectivity index (χ1) is 9.58. The van der Waals surface area contributed by atoms with Gasteiger partial charge >= 0.3 is 0 Å². The Morgan fingerprint density at radius 2 is 2.14 bits per heavy atom. The summed E-state index contributed by atoms with van der Waals surface area (Å²) < 4.78 is 0. The maximum absolute atomic E-state index is 11.7. The smallest absolute Gasteiger partial charge is 0.243 e. The first-order valence-electron chi connectivity index (χ1n) is 7.43. The molecule has 0 aromatic heterocycles. The lowest BCUT2D eigenvalue weighted by Gasteiger charge is -2.34. The highest BCUT2D eigenvalue weighted by molar-refractivity contribution is 14.0. The molecule has 0 bridgehead atoms. The Hall–Kier alpha value is -0.180. The van der Waals surface area contributed by atoms with Gasteiger partial charge in [-0.3, -0.25) is 4.79 Å². The van der Waals surface area contributed by atoms with Gasteiger partial charge in [0.25, 0.3) is 0 Å². The van der Waals surface area contributed by atoms with E-state index in [0.29, 0.717) is 5.25 Å². The van der Waals surface area contributed by atoms with Crippen molar-refractivity contribution >= 4 is 47.6 Å². The predicted molar refractivity (Wildman–Crippen MR) is 103 cm³/mol. The Labute approximate surface area is 150 Å². The molecule has 0 radical (unpaired) electrons. The number of halogens is 1. The van der Waals surface area contributed by atoms with Crippen LogP contribution < -0.4 is 5.32 Å². The molecular formula is C14H29IN4OS. The minimum Gasteiger partial charge on any atom is -0.356 e. The molecule has 0 spiro atoms. The van der Waals surface area contributed by atoms with E-state index in [1.165, 1.54) is 6.42 Å². The number of likely N-dealkylation sites (N-methyl/N-ethyl adjacent to an activating group) is 1. The van der Waals surface area contributed by atoms with Crippen LogP contribution in [-0.4, -0.2) is 72.9 Å². The van der Waals surface area contributed by atoms with Crippen LogP contribution in [0.25, 0.3) is 0 Å². The molecule has 1 aliphatic heterocycles. The summed E-state index contributed by atoms with van der Waals surface area (Å²) in [6, 6.07) is 0. The Morgan fingerprint density at radius 1 is 1.43 bits per heavy atom. The quantitative estimate of drug-likeness (QED) is 0.413. The first kappa shape index (κ1) is 20.8. The maximum Gasteiger partial charge on any atom is 0.243 e. The van der Waals surface area contributed by atoms with Gasteiger partial charge in [-0.2, -0.15) is 11.8 Å². The van der Waals surface area contributed by atoms with Crippen molar-refractivity contribution in [3.05, 3.63) is 0 Å². The number of carbonyl (C=O) groups excluding carboxylic acids is 1. The van der Waals surface area contributed by atoms with E-state index in [1.54, 1.807) is 19.0 Å². The third-order valence-electron chi connectivity index (χ3n) is 3.29. The first-order valence-corrected chi connectivity index (χ1v) is 8.48.